The lowest BCUT2D eigenvalue weighted by atomic mass is 9.77. The quantitative estimate of drug-likeness (QED) is 0.515. The van der Waals surface area contributed by atoms with Crippen LogP contribution in [0.15, 0.2) is 0 Å². The molecule has 3 heterocycles. The molecule has 3 unspecified atom stereocenters. The molecule has 25 heavy (non-hydrogen) atoms. The summed E-state index contributed by atoms with van der Waals surface area (Å²) in [6.45, 7) is 5.44. The molecule has 0 spiro atoms. The molecule has 0 saturated carbocycles. The van der Waals surface area contributed by atoms with E-state index in [4.69, 9.17) is 9.47 Å². The van der Waals surface area contributed by atoms with Crippen molar-refractivity contribution in [2.75, 3.05) is 19.8 Å². The monoisotopic (exact) mass is 373 g/mol. The highest BCUT2D eigenvalue weighted by Gasteiger charge is 2.76. The fourth-order valence-corrected chi connectivity index (χ4v) is 6.66. The van der Waals surface area contributed by atoms with Gasteiger partial charge < -0.3 is 24.6 Å². The standard InChI is InChI=1S/C16H23NO7S/c1-8(18)11-13(20)17-12(14(21)22)15(3,10-4-5-23-6-10)25-16(11,17)7-24-9(2)19/h8,10-12,18H,4-7H2,1-3H3,(H,21,22)/t8-,10?,11+,12?,15?,16+/m1/s1. The number of amides is 1. The van der Waals surface area contributed by atoms with E-state index in [1.54, 1.807) is 0 Å². The third-order valence-electron chi connectivity index (χ3n) is 5.53. The molecule has 0 radical (unpaired) electrons. The Bertz CT molecular complexity index is 605. The van der Waals surface area contributed by atoms with Crippen molar-refractivity contribution in [2.24, 2.45) is 11.8 Å². The third kappa shape index (κ3) is 2.55. The third-order valence-corrected chi connectivity index (χ3v) is 7.45. The van der Waals surface area contributed by atoms with E-state index in [2.05, 4.69) is 0 Å². The minimum absolute atomic E-state index is 0.0409. The van der Waals surface area contributed by atoms with E-state index in [-0.39, 0.29) is 12.5 Å². The minimum atomic E-state index is -1.09. The molecule has 9 heteroatoms. The van der Waals surface area contributed by atoms with Crippen LogP contribution in [0.4, 0.5) is 0 Å². The number of β-lactam (4-membered cyclic amide) rings is 1. The molecule has 3 fully saturated rings. The number of carbonyl (C=O) groups is 3. The summed E-state index contributed by atoms with van der Waals surface area (Å²) in [6.07, 6.45) is -0.262. The van der Waals surface area contributed by atoms with E-state index in [9.17, 15) is 24.6 Å². The molecule has 0 aromatic rings. The Hall–Kier alpha value is -1.32. The predicted octanol–water partition coefficient (Wildman–Crippen LogP) is 0.0802. The van der Waals surface area contributed by atoms with E-state index in [0.29, 0.717) is 19.6 Å². The maximum Gasteiger partial charge on any atom is 0.327 e. The SMILES string of the molecule is CC(=O)OC[C@@]12SC(C)(C3CCOC3)C(C(=O)O)N1C(=O)[C@@H]2[C@@H](C)O. The summed E-state index contributed by atoms with van der Waals surface area (Å²) in [4.78, 5) is 36.3. The van der Waals surface area contributed by atoms with Crippen molar-refractivity contribution in [2.45, 2.75) is 49.0 Å². The molecule has 2 N–H and O–H groups in total. The number of aliphatic hydroxyl groups excluding tert-OH is 1. The van der Waals surface area contributed by atoms with Gasteiger partial charge in [0.2, 0.25) is 5.91 Å². The Labute approximate surface area is 149 Å². The molecule has 3 aliphatic heterocycles. The van der Waals surface area contributed by atoms with E-state index in [0.717, 1.165) is 0 Å². The van der Waals surface area contributed by atoms with Gasteiger partial charge in [-0.3, -0.25) is 9.59 Å². The van der Waals surface area contributed by atoms with E-state index >= 15 is 0 Å². The summed E-state index contributed by atoms with van der Waals surface area (Å²) < 4.78 is 9.83. The fourth-order valence-electron chi connectivity index (χ4n) is 4.39. The Morgan fingerprint density at radius 3 is 2.68 bits per heavy atom. The smallest absolute Gasteiger partial charge is 0.327 e. The summed E-state index contributed by atoms with van der Waals surface area (Å²) in [5, 5.41) is 20.0. The van der Waals surface area contributed by atoms with Gasteiger partial charge in [-0.2, -0.15) is 0 Å². The van der Waals surface area contributed by atoms with Gasteiger partial charge in [0.1, 0.15) is 17.5 Å². The van der Waals surface area contributed by atoms with Crippen LogP contribution in [0.3, 0.4) is 0 Å². The van der Waals surface area contributed by atoms with Crippen LogP contribution in [0.2, 0.25) is 0 Å². The van der Waals surface area contributed by atoms with Crippen LogP contribution in [0, 0.1) is 11.8 Å². The molecule has 0 aromatic carbocycles. The highest BCUT2D eigenvalue weighted by molar-refractivity contribution is 8.02. The lowest BCUT2D eigenvalue weighted by Crippen LogP contribution is -2.74. The van der Waals surface area contributed by atoms with Crippen LogP contribution in [0.1, 0.15) is 27.2 Å². The zero-order chi connectivity index (χ0) is 18.6. The average Bonchev–Trinajstić information content (AvgIpc) is 3.09. The summed E-state index contributed by atoms with van der Waals surface area (Å²) in [5.74, 6) is -2.86. The zero-order valence-electron chi connectivity index (χ0n) is 14.4. The van der Waals surface area contributed by atoms with Crippen molar-refractivity contribution in [1.29, 1.82) is 0 Å². The van der Waals surface area contributed by atoms with Crippen LogP contribution in [-0.4, -0.2) is 74.5 Å². The molecular weight excluding hydrogens is 350 g/mol. The van der Waals surface area contributed by atoms with Crippen LogP contribution in [0.5, 0.6) is 0 Å². The largest absolute Gasteiger partial charge is 0.480 e. The highest BCUT2D eigenvalue weighted by Crippen LogP contribution is 2.64. The number of carboxylic acids is 1. The van der Waals surface area contributed by atoms with Gasteiger partial charge in [-0.15, -0.1) is 11.8 Å². The fraction of sp³-hybridized carbons (Fsp3) is 0.812. The maximum atomic E-state index is 12.7. The van der Waals surface area contributed by atoms with Gasteiger partial charge in [-0.05, 0) is 20.3 Å². The number of rotatable bonds is 5. The molecule has 3 saturated heterocycles. The van der Waals surface area contributed by atoms with E-state index in [1.807, 2.05) is 6.92 Å². The lowest BCUT2D eigenvalue weighted by molar-refractivity contribution is -0.186. The van der Waals surface area contributed by atoms with Gasteiger partial charge >= 0.3 is 11.9 Å². The Kier molecular flexibility index (Phi) is 4.53. The first-order chi connectivity index (χ1) is 11.6. The van der Waals surface area contributed by atoms with Crippen molar-refractivity contribution in [3.8, 4) is 0 Å². The molecule has 6 atom stereocenters. The minimum Gasteiger partial charge on any atom is -0.480 e. The summed E-state index contributed by atoms with van der Waals surface area (Å²) in [5.41, 5.74) is 0. The number of ether oxygens (including phenoxy) is 2. The molecule has 8 nitrogen and oxygen atoms in total. The number of aliphatic carboxylic acids is 1. The van der Waals surface area contributed by atoms with Crippen molar-refractivity contribution in [1.82, 2.24) is 4.90 Å². The Morgan fingerprint density at radius 1 is 1.52 bits per heavy atom. The second-order valence-corrected chi connectivity index (χ2v) is 8.93. The number of nitrogens with zero attached hydrogens (tertiary/aromatic N) is 1. The molecule has 3 rings (SSSR count). The second-order valence-electron chi connectivity index (χ2n) is 7.14. The van der Waals surface area contributed by atoms with Gasteiger partial charge in [0.15, 0.2) is 0 Å². The predicted molar refractivity (Wildman–Crippen MR) is 87.7 cm³/mol. The molecular formula is C16H23NO7S. The summed E-state index contributed by atoms with van der Waals surface area (Å²) in [6, 6.07) is -1.05. The first-order valence-corrected chi connectivity index (χ1v) is 9.12. The molecule has 0 bridgehead atoms. The molecule has 1 amide bonds. The molecule has 0 aromatic heterocycles. The number of hydrogen-bond donors (Lipinski definition) is 2. The Morgan fingerprint density at radius 2 is 2.20 bits per heavy atom. The van der Waals surface area contributed by atoms with Gasteiger partial charge in [-0.25, -0.2) is 4.79 Å². The topological polar surface area (TPSA) is 113 Å². The average molecular weight is 373 g/mol. The van der Waals surface area contributed by atoms with Crippen LogP contribution >= 0.6 is 11.8 Å². The van der Waals surface area contributed by atoms with Crippen molar-refractivity contribution in [3.05, 3.63) is 0 Å². The number of fused-ring (bicyclic) bond motifs is 1. The number of hydrogen-bond acceptors (Lipinski definition) is 7. The number of esters is 1. The van der Waals surface area contributed by atoms with Gasteiger partial charge in [-0.1, -0.05) is 0 Å². The van der Waals surface area contributed by atoms with Crippen LogP contribution in [-0.2, 0) is 23.9 Å². The first-order valence-electron chi connectivity index (χ1n) is 8.30. The lowest BCUT2D eigenvalue weighted by Gasteiger charge is -2.54. The van der Waals surface area contributed by atoms with Gasteiger partial charge in [0, 0.05) is 19.4 Å². The summed E-state index contributed by atoms with van der Waals surface area (Å²) >= 11 is 1.33. The molecule has 3 aliphatic rings. The normalized spacial score (nSPS) is 41.2. The number of aliphatic hydroxyl groups is 1. The van der Waals surface area contributed by atoms with Crippen molar-refractivity contribution in [3.63, 3.8) is 0 Å². The summed E-state index contributed by atoms with van der Waals surface area (Å²) in [7, 11) is 0. The highest BCUT2D eigenvalue weighted by atomic mass is 32.2. The molecule has 140 valence electrons. The van der Waals surface area contributed by atoms with Crippen molar-refractivity contribution < 1.29 is 34.1 Å². The number of thioether (sulfide) groups is 1. The van der Waals surface area contributed by atoms with E-state index in [1.165, 1.54) is 30.5 Å². The first kappa shape index (κ1) is 18.5. The maximum absolute atomic E-state index is 12.7. The van der Waals surface area contributed by atoms with E-state index < -0.39 is 45.5 Å². The number of carbonyl (C=O) groups excluding carboxylic acids is 2. The van der Waals surface area contributed by atoms with Gasteiger partial charge in [0.25, 0.3) is 0 Å². The van der Waals surface area contributed by atoms with Crippen LogP contribution < -0.4 is 0 Å². The van der Waals surface area contributed by atoms with Gasteiger partial charge in [0.05, 0.1) is 23.4 Å². The zero-order valence-corrected chi connectivity index (χ0v) is 15.2. The van der Waals surface area contributed by atoms with Crippen LogP contribution in [0.25, 0.3) is 0 Å². The Balaban J connectivity index is 2.03. The second kappa shape index (κ2) is 6.14. The van der Waals surface area contributed by atoms with Crippen molar-refractivity contribution >= 4 is 29.6 Å². The molecule has 0 aliphatic carbocycles. The number of carboxylic acid groups (broad SMARTS) is 1.